The van der Waals surface area contributed by atoms with Crippen molar-refractivity contribution in [3.63, 3.8) is 0 Å². The summed E-state index contributed by atoms with van der Waals surface area (Å²) in [7, 11) is 0. The van der Waals surface area contributed by atoms with Crippen molar-refractivity contribution in [1.29, 1.82) is 5.26 Å². The van der Waals surface area contributed by atoms with E-state index in [4.69, 9.17) is 5.26 Å². The normalized spacial score (nSPS) is 12.9. The van der Waals surface area contributed by atoms with Gasteiger partial charge in [-0.3, -0.25) is 4.79 Å². The minimum absolute atomic E-state index is 0.00357. The number of benzene rings is 1. The lowest BCUT2D eigenvalue weighted by Gasteiger charge is -2.19. The van der Waals surface area contributed by atoms with Gasteiger partial charge in [-0.05, 0) is 17.9 Å². The van der Waals surface area contributed by atoms with Crippen molar-refractivity contribution in [2.75, 3.05) is 0 Å². The molecule has 2 heteroatoms. The molecule has 0 radical (unpaired) electrons. The topological polar surface area (TPSA) is 40.9 Å². The molecule has 1 atom stereocenters. The van der Waals surface area contributed by atoms with Crippen LogP contribution >= 0.6 is 0 Å². The second-order valence-electron chi connectivity index (χ2n) is 5.68. The highest BCUT2D eigenvalue weighted by atomic mass is 16.1. The van der Waals surface area contributed by atoms with Crippen LogP contribution < -0.4 is 0 Å². The summed E-state index contributed by atoms with van der Waals surface area (Å²) in [6.07, 6.45) is 0.430. The van der Waals surface area contributed by atoms with Gasteiger partial charge in [0.05, 0.1) is 6.07 Å². The van der Waals surface area contributed by atoms with E-state index in [-0.39, 0.29) is 11.2 Å². The number of carbonyl (C=O) groups excluding carboxylic acids is 1. The van der Waals surface area contributed by atoms with E-state index in [0.717, 1.165) is 11.1 Å². The Labute approximate surface area is 103 Å². The fraction of sp³-hybridized carbons (Fsp3) is 0.467. The second-order valence-corrected chi connectivity index (χ2v) is 5.68. The predicted molar refractivity (Wildman–Crippen MR) is 68.6 cm³/mol. The molecule has 0 aliphatic heterocycles. The Morgan fingerprint density at radius 2 is 1.82 bits per heavy atom. The predicted octanol–water partition coefficient (Wildman–Crippen LogP) is 3.61. The summed E-state index contributed by atoms with van der Waals surface area (Å²) < 4.78 is 0. The zero-order chi connectivity index (χ0) is 13.1. The Morgan fingerprint density at radius 1 is 1.29 bits per heavy atom. The molecule has 1 aromatic rings. The van der Waals surface area contributed by atoms with Gasteiger partial charge < -0.3 is 0 Å². The van der Waals surface area contributed by atoms with E-state index in [1.54, 1.807) is 0 Å². The summed E-state index contributed by atoms with van der Waals surface area (Å²) in [4.78, 5) is 12.1. The molecular weight excluding hydrogens is 210 g/mol. The minimum atomic E-state index is -0.630. The van der Waals surface area contributed by atoms with Crippen molar-refractivity contribution in [2.24, 2.45) is 5.41 Å². The van der Waals surface area contributed by atoms with Crippen LogP contribution in [0.4, 0.5) is 0 Å². The number of nitriles is 1. The molecule has 1 rings (SSSR count). The van der Waals surface area contributed by atoms with Gasteiger partial charge in [-0.15, -0.1) is 0 Å². The van der Waals surface area contributed by atoms with Gasteiger partial charge in [-0.2, -0.15) is 5.26 Å². The zero-order valence-corrected chi connectivity index (χ0v) is 10.9. The highest BCUT2D eigenvalue weighted by Crippen LogP contribution is 2.25. The third-order valence-electron chi connectivity index (χ3n) is 2.57. The average Bonchev–Trinajstić information content (AvgIpc) is 2.19. The van der Waals surface area contributed by atoms with Gasteiger partial charge in [0, 0.05) is 6.42 Å². The van der Waals surface area contributed by atoms with Gasteiger partial charge in [0.1, 0.15) is 5.92 Å². The van der Waals surface area contributed by atoms with Crippen LogP contribution in [0.5, 0.6) is 0 Å². The quantitative estimate of drug-likeness (QED) is 0.794. The lowest BCUT2D eigenvalue weighted by Crippen LogP contribution is -2.18. The summed E-state index contributed by atoms with van der Waals surface area (Å²) >= 11 is 0. The Balaban J connectivity index is 2.90. The minimum Gasteiger partial charge on any atom is -0.298 e. The largest absolute Gasteiger partial charge is 0.298 e. The second kappa shape index (κ2) is 5.14. The van der Waals surface area contributed by atoms with Gasteiger partial charge in [0.15, 0.2) is 5.78 Å². The maximum atomic E-state index is 12.1. The molecule has 1 unspecified atom stereocenters. The molecule has 0 fully saturated rings. The molecule has 0 aliphatic rings. The smallest absolute Gasteiger partial charge is 0.154 e. The molecule has 0 aromatic heterocycles. The summed E-state index contributed by atoms with van der Waals surface area (Å²) in [6.45, 7) is 8.01. The number of Topliss-reactive ketones (excluding diaryl/α,β-unsaturated/α-hetero) is 1. The number of aryl methyl sites for hydroxylation is 1. The molecule has 1 aromatic carbocycles. The van der Waals surface area contributed by atoms with Crippen LogP contribution in [0.1, 0.15) is 44.2 Å². The van der Waals surface area contributed by atoms with Crippen molar-refractivity contribution in [3.05, 3.63) is 35.4 Å². The van der Waals surface area contributed by atoms with E-state index in [2.05, 4.69) is 6.07 Å². The van der Waals surface area contributed by atoms with E-state index in [1.807, 2.05) is 52.0 Å². The Hall–Kier alpha value is -1.62. The summed E-state index contributed by atoms with van der Waals surface area (Å²) in [5, 5.41) is 9.15. The monoisotopic (exact) mass is 229 g/mol. The third-order valence-corrected chi connectivity index (χ3v) is 2.57. The summed E-state index contributed by atoms with van der Waals surface area (Å²) in [6, 6.07) is 9.71. The van der Waals surface area contributed by atoms with E-state index in [9.17, 15) is 4.79 Å². The number of ketones is 1. The third kappa shape index (κ3) is 4.03. The molecule has 90 valence electrons. The van der Waals surface area contributed by atoms with Crippen molar-refractivity contribution in [2.45, 2.75) is 40.0 Å². The maximum Gasteiger partial charge on any atom is 0.154 e. The van der Waals surface area contributed by atoms with Crippen molar-refractivity contribution in [1.82, 2.24) is 0 Å². The van der Waals surface area contributed by atoms with Crippen LogP contribution in [0.15, 0.2) is 24.3 Å². The number of carbonyl (C=O) groups is 1. The first-order valence-corrected chi connectivity index (χ1v) is 5.82. The highest BCUT2D eigenvalue weighted by molar-refractivity contribution is 5.88. The van der Waals surface area contributed by atoms with Gasteiger partial charge in [-0.1, -0.05) is 50.6 Å². The van der Waals surface area contributed by atoms with Crippen LogP contribution in [0.25, 0.3) is 0 Å². The molecule has 0 spiro atoms. The van der Waals surface area contributed by atoms with E-state index in [0.29, 0.717) is 6.42 Å². The van der Waals surface area contributed by atoms with Crippen LogP contribution in [0, 0.1) is 23.7 Å². The highest BCUT2D eigenvalue weighted by Gasteiger charge is 2.24. The lowest BCUT2D eigenvalue weighted by atomic mass is 9.83. The first-order valence-electron chi connectivity index (χ1n) is 5.82. The Morgan fingerprint density at radius 3 is 2.24 bits per heavy atom. The molecular formula is C15H19NO. The number of hydrogen-bond donors (Lipinski definition) is 0. The molecule has 0 saturated heterocycles. The van der Waals surface area contributed by atoms with Crippen molar-refractivity contribution < 1.29 is 4.79 Å². The summed E-state index contributed by atoms with van der Waals surface area (Å²) in [5.41, 5.74) is 1.86. The number of hydrogen-bond acceptors (Lipinski definition) is 2. The maximum absolute atomic E-state index is 12.1. The standard InChI is InChI=1S/C15H19NO/c1-11-5-7-12(8-6-11)13(10-16)14(17)9-15(2,3)4/h5-8,13H,9H2,1-4H3. The van der Waals surface area contributed by atoms with Crippen molar-refractivity contribution >= 4 is 5.78 Å². The lowest BCUT2D eigenvalue weighted by molar-refractivity contribution is -0.121. The molecule has 0 bridgehead atoms. The van der Waals surface area contributed by atoms with Gasteiger partial charge in [0.2, 0.25) is 0 Å². The van der Waals surface area contributed by atoms with Gasteiger partial charge in [0.25, 0.3) is 0 Å². The van der Waals surface area contributed by atoms with Crippen LogP contribution in [-0.4, -0.2) is 5.78 Å². The fourth-order valence-electron chi connectivity index (χ4n) is 1.72. The van der Waals surface area contributed by atoms with Crippen LogP contribution in [-0.2, 0) is 4.79 Å². The molecule has 2 nitrogen and oxygen atoms in total. The number of rotatable bonds is 3. The van der Waals surface area contributed by atoms with E-state index in [1.165, 1.54) is 0 Å². The van der Waals surface area contributed by atoms with Gasteiger partial charge in [-0.25, -0.2) is 0 Å². The molecule has 0 saturated carbocycles. The Kier molecular flexibility index (Phi) is 4.07. The first-order chi connectivity index (χ1) is 7.83. The zero-order valence-electron chi connectivity index (χ0n) is 10.9. The SMILES string of the molecule is Cc1ccc(C(C#N)C(=O)CC(C)(C)C)cc1. The molecule has 0 amide bonds. The van der Waals surface area contributed by atoms with E-state index >= 15 is 0 Å². The Bertz CT molecular complexity index is 431. The molecule has 0 aliphatic carbocycles. The van der Waals surface area contributed by atoms with Crippen LogP contribution in [0.2, 0.25) is 0 Å². The summed E-state index contributed by atoms with van der Waals surface area (Å²) in [5.74, 6) is -0.626. The van der Waals surface area contributed by atoms with Crippen LogP contribution in [0.3, 0.4) is 0 Å². The fourth-order valence-corrected chi connectivity index (χ4v) is 1.72. The average molecular weight is 229 g/mol. The molecule has 17 heavy (non-hydrogen) atoms. The molecule has 0 N–H and O–H groups in total. The van der Waals surface area contributed by atoms with Crippen molar-refractivity contribution in [3.8, 4) is 6.07 Å². The van der Waals surface area contributed by atoms with Gasteiger partial charge >= 0.3 is 0 Å². The van der Waals surface area contributed by atoms with E-state index < -0.39 is 5.92 Å². The molecule has 0 heterocycles. The first kappa shape index (κ1) is 13.4. The number of nitrogens with zero attached hydrogens (tertiary/aromatic N) is 1.